The summed E-state index contributed by atoms with van der Waals surface area (Å²) in [6.07, 6.45) is 4.75. The van der Waals surface area contributed by atoms with Crippen LogP contribution in [0.1, 0.15) is 17.8 Å². The molecule has 0 atom stereocenters. The number of carbonyl (C=O) groups excluding carboxylic acids is 1. The number of nitrogens with zero attached hydrogens (tertiary/aromatic N) is 2. The van der Waals surface area contributed by atoms with E-state index in [1.54, 1.807) is 6.20 Å². The lowest BCUT2D eigenvalue weighted by Crippen LogP contribution is -2.24. The second kappa shape index (κ2) is 6.38. The Morgan fingerprint density at radius 3 is 2.74 bits per heavy atom. The lowest BCUT2D eigenvalue weighted by Gasteiger charge is -2.05. The highest BCUT2D eigenvalue weighted by Crippen LogP contribution is 2.10. The van der Waals surface area contributed by atoms with Gasteiger partial charge in [-0.25, -0.2) is 4.98 Å². The Balaban J connectivity index is 1.76. The summed E-state index contributed by atoms with van der Waals surface area (Å²) in [7, 11) is 1.90. The van der Waals surface area contributed by atoms with Crippen molar-refractivity contribution in [3.63, 3.8) is 0 Å². The summed E-state index contributed by atoms with van der Waals surface area (Å²) in [5.41, 5.74) is 1.11. The summed E-state index contributed by atoms with van der Waals surface area (Å²) >= 11 is 5.81. The smallest absolute Gasteiger partial charge is 0.220 e. The van der Waals surface area contributed by atoms with Gasteiger partial charge in [-0.2, -0.15) is 0 Å². The molecule has 4 nitrogen and oxygen atoms in total. The largest absolute Gasteiger partial charge is 0.349 e. The third kappa shape index (κ3) is 4.10. The zero-order valence-corrected chi connectivity index (χ0v) is 11.5. The van der Waals surface area contributed by atoms with Gasteiger partial charge < -0.3 is 9.88 Å². The number of hydrogen-bond acceptors (Lipinski definition) is 2. The molecule has 0 unspecified atom stereocenters. The number of hydrogen-bond donors (Lipinski definition) is 1. The zero-order chi connectivity index (χ0) is 13.7. The minimum Gasteiger partial charge on any atom is -0.349 e. The van der Waals surface area contributed by atoms with Crippen LogP contribution in [0.15, 0.2) is 36.7 Å². The molecule has 0 radical (unpaired) electrons. The molecule has 0 saturated carbocycles. The van der Waals surface area contributed by atoms with Gasteiger partial charge in [0, 0.05) is 30.9 Å². The van der Waals surface area contributed by atoms with Crippen molar-refractivity contribution >= 4 is 17.5 Å². The van der Waals surface area contributed by atoms with Gasteiger partial charge in [0.05, 0.1) is 6.54 Å². The Labute approximate surface area is 117 Å². The number of carbonyl (C=O) groups is 1. The molecule has 100 valence electrons. The molecule has 0 saturated heterocycles. The van der Waals surface area contributed by atoms with Crippen molar-refractivity contribution < 1.29 is 4.79 Å². The predicted molar refractivity (Wildman–Crippen MR) is 74.8 cm³/mol. The van der Waals surface area contributed by atoms with Crippen LogP contribution in [0, 0.1) is 0 Å². The molecule has 0 spiro atoms. The maximum absolute atomic E-state index is 11.7. The SMILES string of the molecule is Cn1ccnc1CNC(=O)CCc1ccc(Cl)cc1. The molecule has 1 aromatic carbocycles. The number of benzene rings is 1. The van der Waals surface area contributed by atoms with E-state index >= 15 is 0 Å². The quantitative estimate of drug-likeness (QED) is 0.912. The first-order valence-electron chi connectivity index (χ1n) is 6.12. The van der Waals surface area contributed by atoms with Crippen LogP contribution in [-0.4, -0.2) is 15.5 Å². The molecule has 1 N–H and O–H groups in total. The molecule has 5 heteroatoms. The monoisotopic (exact) mass is 277 g/mol. The molecule has 0 aliphatic heterocycles. The van der Waals surface area contributed by atoms with Gasteiger partial charge in [-0.1, -0.05) is 23.7 Å². The molecule has 2 rings (SSSR count). The first kappa shape index (κ1) is 13.6. The fourth-order valence-corrected chi connectivity index (χ4v) is 1.87. The second-order valence-corrected chi connectivity index (χ2v) is 4.79. The highest BCUT2D eigenvalue weighted by atomic mass is 35.5. The van der Waals surface area contributed by atoms with Crippen molar-refractivity contribution in [3.05, 3.63) is 53.1 Å². The topological polar surface area (TPSA) is 46.9 Å². The molecule has 0 aliphatic rings. The van der Waals surface area contributed by atoms with Crippen molar-refractivity contribution in [1.29, 1.82) is 0 Å². The number of nitrogens with one attached hydrogen (secondary N) is 1. The molecular formula is C14H16ClN3O. The van der Waals surface area contributed by atoms with E-state index in [1.165, 1.54) is 0 Å². The Bertz CT molecular complexity index is 548. The molecule has 1 aromatic heterocycles. The van der Waals surface area contributed by atoms with Crippen LogP contribution >= 0.6 is 11.6 Å². The van der Waals surface area contributed by atoms with Gasteiger partial charge in [-0.05, 0) is 24.1 Å². The van der Waals surface area contributed by atoms with Crippen molar-refractivity contribution in [2.24, 2.45) is 7.05 Å². The minimum atomic E-state index is 0.0259. The Morgan fingerprint density at radius 1 is 1.37 bits per heavy atom. The van der Waals surface area contributed by atoms with E-state index in [9.17, 15) is 4.79 Å². The summed E-state index contributed by atoms with van der Waals surface area (Å²) in [5.74, 6) is 0.873. The number of imidazole rings is 1. The van der Waals surface area contributed by atoms with Gasteiger partial charge >= 0.3 is 0 Å². The van der Waals surface area contributed by atoms with Crippen molar-refractivity contribution in [2.45, 2.75) is 19.4 Å². The van der Waals surface area contributed by atoms with E-state index in [2.05, 4.69) is 10.3 Å². The van der Waals surface area contributed by atoms with Gasteiger partial charge in [0.15, 0.2) is 0 Å². The number of aromatic nitrogens is 2. The zero-order valence-electron chi connectivity index (χ0n) is 10.8. The van der Waals surface area contributed by atoms with Crippen LogP contribution in [-0.2, 0) is 24.8 Å². The summed E-state index contributed by atoms with van der Waals surface area (Å²) in [6.45, 7) is 0.461. The van der Waals surface area contributed by atoms with E-state index in [0.717, 1.165) is 11.4 Å². The van der Waals surface area contributed by atoms with Crippen LogP contribution in [0.4, 0.5) is 0 Å². The van der Waals surface area contributed by atoms with Crippen LogP contribution in [0.2, 0.25) is 5.02 Å². The molecule has 0 bridgehead atoms. The van der Waals surface area contributed by atoms with Crippen LogP contribution in [0.5, 0.6) is 0 Å². The fraction of sp³-hybridized carbons (Fsp3) is 0.286. The molecule has 1 heterocycles. The molecule has 0 fully saturated rings. The molecular weight excluding hydrogens is 262 g/mol. The van der Waals surface area contributed by atoms with E-state index in [0.29, 0.717) is 24.4 Å². The highest BCUT2D eigenvalue weighted by molar-refractivity contribution is 6.30. The second-order valence-electron chi connectivity index (χ2n) is 4.36. The van der Waals surface area contributed by atoms with E-state index in [-0.39, 0.29) is 5.91 Å². The van der Waals surface area contributed by atoms with Crippen LogP contribution < -0.4 is 5.32 Å². The number of amides is 1. The standard InChI is InChI=1S/C14H16ClN3O/c1-18-9-8-16-13(18)10-17-14(19)7-4-11-2-5-12(15)6-3-11/h2-3,5-6,8-9H,4,7,10H2,1H3,(H,17,19). The molecule has 19 heavy (non-hydrogen) atoms. The third-order valence-corrected chi connectivity index (χ3v) is 3.17. The van der Waals surface area contributed by atoms with E-state index in [4.69, 9.17) is 11.6 Å². The third-order valence-electron chi connectivity index (χ3n) is 2.92. The summed E-state index contributed by atoms with van der Waals surface area (Å²) in [6, 6.07) is 7.55. The van der Waals surface area contributed by atoms with Gasteiger partial charge in [0.2, 0.25) is 5.91 Å². The molecule has 0 aliphatic carbocycles. The van der Waals surface area contributed by atoms with E-state index < -0.39 is 0 Å². The Hall–Kier alpha value is -1.81. The van der Waals surface area contributed by atoms with Gasteiger partial charge in [-0.15, -0.1) is 0 Å². The molecule has 2 aromatic rings. The van der Waals surface area contributed by atoms with E-state index in [1.807, 2.05) is 42.1 Å². The minimum absolute atomic E-state index is 0.0259. The lowest BCUT2D eigenvalue weighted by atomic mass is 10.1. The van der Waals surface area contributed by atoms with Crippen molar-refractivity contribution in [2.75, 3.05) is 0 Å². The van der Waals surface area contributed by atoms with Crippen LogP contribution in [0.3, 0.4) is 0 Å². The predicted octanol–water partition coefficient (Wildman–Crippen LogP) is 2.32. The van der Waals surface area contributed by atoms with Gasteiger partial charge in [0.25, 0.3) is 0 Å². The first-order valence-corrected chi connectivity index (χ1v) is 6.50. The van der Waals surface area contributed by atoms with Crippen LogP contribution in [0.25, 0.3) is 0 Å². The maximum Gasteiger partial charge on any atom is 0.220 e. The normalized spacial score (nSPS) is 10.4. The average Bonchev–Trinajstić information content (AvgIpc) is 2.81. The maximum atomic E-state index is 11.7. The lowest BCUT2D eigenvalue weighted by molar-refractivity contribution is -0.121. The Morgan fingerprint density at radius 2 is 2.11 bits per heavy atom. The van der Waals surface area contributed by atoms with Gasteiger partial charge in [-0.3, -0.25) is 4.79 Å². The summed E-state index contributed by atoms with van der Waals surface area (Å²) in [4.78, 5) is 15.9. The highest BCUT2D eigenvalue weighted by Gasteiger charge is 2.04. The Kier molecular flexibility index (Phi) is 4.58. The van der Waals surface area contributed by atoms with Crippen molar-refractivity contribution in [3.8, 4) is 0 Å². The first-order chi connectivity index (χ1) is 9.15. The fourth-order valence-electron chi connectivity index (χ4n) is 1.74. The molecule has 1 amide bonds. The number of rotatable bonds is 5. The average molecular weight is 278 g/mol. The van der Waals surface area contributed by atoms with Gasteiger partial charge in [0.1, 0.15) is 5.82 Å². The number of aryl methyl sites for hydroxylation is 2. The number of halogens is 1. The summed E-state index contributed by atoms with van der Waals surface area (Å²) in [5, 5.41) is 3.57. The summed E-state index contributed by atoms with van der Waals surface area (Å²) < 4.78 is 1.89. The van der Waals surface area contributed by atoms with Crippen molar-refractivity contribution in [1.82, 2.24) is 14.9 Å².